The topological polar surface area (TPSA) is 47.6 Å². The van der Waals surface area contributed by atoms with Gasteiger partial charge in [0.05, 0.1) is 23.9 Å². The summed E-state index contributed by atoms with van der Waals surface area (Å²) in [7, 11) is 1.37. The smallest absolute Gasteiger partial charge is 0.340 e. The second kappa shape index (κ2) is 3.70. The molecule has 1 N–H and O–H groups in total. The van der Waals surface area contributed by atoms with Crippen molar-refractivity contribution in [2.45, 2.75) is 19.4 Å². The SMILES string of the molecule is COC(=O)c1cccc2c1NC(C)(C)CO2. The monoisotopic (exact) mass is 221 g/mol. The number of carbonyl (C=O) groups excluding carboxylic acids is 1. The van der Waals surface area contributed by atoms with Crippen LogP contribution in [0.2, 0.25) is 0 Å². The van der Waals surface area contributed by atoms with Crippen LogP contribution < -0.4 is 10.1 Å². The molecule has 0 radical (unpaired) electrons. The van der Waals surface area contributed by atoms with Crippen LogP contribution >= 0.6 is 0 Å². The van der Waals surface area contributed by atoms with Crippen LogP contribution in [-0.2, 0) is 4.74 Å². The summed E-state index contributed by atoms with van der Waals surface area (Å²) in [6.07, 6.45) is 0. The summed E-state index contributed by atoms with van der Waals surface area (Å²) in [5.74, 6) is 0.341. The van der Waals surface area contributed by atoms with Gasteiger partial charge in [-0.25, -0.2) is 4.79 Å². The molecule has 16 heavy (non-hydrogen) atoms. The Bertz CT molecular complexity index is 426. The summed E-state index contributed by atoms with van der Waals surface area (Å²) in [6.45, 7) is 4.61. The third-order valence-corrected chi connectivity index (χ3v) is 2.48. The van der Waals surface area contributed by atoms with E-state index in [2.05, 4.69) is 5.32 Å². The lowest BCUT2D eigenvalue weighted by atomic mass is 10.0. The Hall–Kier alpha value is -1.71. The van der Waals surface area contributed by atoms with Gasteiger partial charge in [-0.05, 0) is 26.0 Å². The largest absolute Gasteiger partial charge is 0.489 e. The predicted octanol–water partition coefficient (Wildman–Crippen LogP) is 2.06. The molecule has 1 aromatic carbocycles. The molecule has 0 aliphatic carbocycles. The van der Waals surface area contributed by atoms with Crippen molar-refractivity contribution >= 4 is 11.7 Å². The zero-order valence-electron chi connectivity index (χ0n) is 9.66. The predicted molar refractivity (Wildman–Crippen MR) is 61.0 cm³/mol. The molecule has 0 aromatic heterocycles. The van der Waals surface area contributed by atoms with Crippen LogP contribution in [0, 0.1) is 0 Å². The number of benzene rings is 1. The Kier molecular flexibility index (Phi) is 2.50. The maximum Gasteiger partial charge on any atom is 0.340 e. The van der Waals surface area contributed by atoms with Gasteiger partial charge in [-0.1, -0.05) is 6.07 Å². The highest BCUT2D eigenvalue weighted by Gasteiger charge is 2.29. The fourth-order valence-electron chi connectivity index (χ4n) is 1.69. The highest BCUT2D eigenvalue weighted by atomic mass is 16.5. The lowest BCUT2D eigenvalue weighted by molar-refractivity contribution is 0.0600. The van der Waals surface area contributed by atoms with Crippen molar-refractivity contribution in [2.24, 2.45) is 0 Å². The zero-order chi connectivity index (χ0) is 11.8. The molecule has 1 aliphatic rings. The second-order valence-corrected chi connectivity index (χ2v) is 4.47. The first-order valence-corrected chi connectivity index (χ1v) is 5.16. The molecule has 0 amide bonds. The standard InChI is InChI=1S/C12H15NO3/c1-12(2)7-16-9-6-4-5-8(10(9)13-12)11(14)15-3/h4-6,13H,7H2,1-3H3. The molecule has 2 rings (SSSR count). The number of esters is 1. The molecule has 4 heteroatoms. The van der Waals surface area contributed by atoms with Gasteiger partial charge in [-0.2, -0.15) is 0 Å². The van der Waals surface area contributed by atoms with Crippen LogP contribution in [0.4, 0.5) is 5.69 Å². The minimum Gasteiger partial charge on any atom is -0.489 e. The molecule has 0 saturated heterocycles. The van der Waals surface area contributed by atoms with E-state index in [1.165, 1.54) is 7.11 Å². The Balaban J connectivity index is 2.46. The summed E-state index contributed by atoms with van der Waals surface area (Å²) in [5, 5.41) is 3.29. The number of hydrogen-bond donors (Lipinski definition) is 1. The van der Waals surface area contributed by atoms with Crippen molar-refractivity contribution in [1.82, 2.24) is 0 Å². The molecule has 1 heterocycles. The summed E-state index contributed by atoms with van der Waals surface area (Å²) in [6, 6.07) is 5.34. The molecule has 0 unspecified atom stereocenters. The second-order valence-electron chi connectivity index (χ2n) is 4.47. The normalized spacial score (nSPS) is 16.7. The van der Waals surface area contributed by atoms with E-state index in [4.69, 9.17) is 9.47 Å². The Morgan fingerprint density at radius 1 is 1.50 bits per heavy atom. The molecule has 0 bridgehead atoms. The van der Waals surface area contributed by atoms with Crippen LogP contribution in [0.25, 0.3) is 0 Å². The molecule has 0 spiro atoms. The summed E-state index contributed by atoms with van der Waals surface area (Å²) in [5.41, 5.74) is 1.04. The van der Waals surface area contributed by atoms with Crippen LogP contribution in [0.5, 0.6) is 5.75 Å². The van der Waals surface area contributed by atoms with Gasteiger partial charge in [0, 0.05) is 0 Å². The number of carbonyl (C=O) groups is 1. The number of ether oxygens (including phenoxy) is 2. The van der Waals surface area contributed by atoms with Crippen LogP contribution in [0.1, 0.15) is 24.2 Å². The van der Waals surface area contributed by atoms with E-state index >= 15 is 0 Å². The highest BCUT2D eigenvalue weighted by Crippen LogP contribution is 2.35. The van der Waals surface area contributed by atoms with Gasteiger partial charge >= 0.3 is 5.97 Å². The molecular formula is C12H15NO3. The highest BCUT2D eigenvalue weighted by molar-refractivity contribution is 5.97. The molecule has 86 valence electrons. The molecule has 1 aliphatic heterocycles. The first-order valence-electron chi connectivity index (χ1n) is 5.16. The number of para-hydroxylation sites is 1. The summed E-state index contributed by atoms with van der Waals surface area (Å²) in [4.78, 5) is 11.6. The number of rotatable bonds is 1. The number of anilines is 1. The maximum absolute atomic E-state index is 11.6. The van der Waals surface area contributed by atoms with Gasteiger partial charge in [-0.15, -0.1) is 0 Å². The van der Waals surface area contributed by atoms with Gasteiger partial charge in [-0.3, -0.25) is 0 Å². The lowest BCUT2D eigenvalue weighted by Crippen LogP contribution is -2.41. The lowest BCUT2D eigenvalue weighted by Gasteiger charge is -2.34. The first kappa shape index (κ1) is 10.8. The van der Waals surface area contributed by atoms with Gasteiger partial charge in [0.25, 0.3) is 0 Å². The Morgan fingerprint density at radius 3 is 2.94 bits per heavy atom. The van der Waals surface area contributed by atoms with E-state index in [-0.39, 0.29) is 11.5 Å². The summed E-state index contributed by atoms with van der Waals surface area (Å²) < 4.78 is 10.3. The summed E-state index contributed by atoms with van der Waals surface area (Å²) >= 11 is 0. The van der Waals surface area contributed by atoms with Gasteiger partial charge in [0.2, 0.25) is 0 Å². The van der Waals surface area contributed by atoms with E-state index in [1.807, 2.05) is 19.9 Å². The van der Waals surface area contributed by atoms with E-state index in [0.717, 1.165) is 0 Å². The van der Waals surface area contributed by atoms with Gasteiger partial charge < -0.3 is 14.8 Å². The van der Waals surface area contributed by atoms with Crippen molar-refractivity contribution < 1.29 is 14.3 Å². The average Bonchev–Trinajstić information content (AvgIpc) is 2.26. The molecule has 4 nitrogen and oxygen atoms in total. The number of fused-ring (bicyclic) bond motifs is 1. The fraction of sp³-hybridized carbons (Fsp3) is 0.417. The van der Waals surface area contributed by atoms with Crippen molar-refractivity contribution in [2.75, 3.05) is 19.0 Å². The number of hydrogen-bond acceptors (Lipinski definition) is 4. The van der Waals surface area contributed by atoms with Crippen molar-refractivity contribution in [3.05, 3.63) is 23.8 Å². The van der Waals surface area contributed by atoms with Gasteiger partial charge in [0.15, 0.2) is 0 Å². The molecular weight excluding hydrogens is 206 g/mol. The molecule has 0 fully saturated rings. The molecule has 0 atom stereocenters. The van der Waals surface area contributed by atoms with E-state index in [1.54, 1.807) is 12.1 Å². The molecule has 0 saturated carbocycles. The minimum atomic E-state index is -0.356. The number of methoxy groups -OCH3 is 1. The van der Waals surface area contributed by atoms with Crippen molar-refractivity contribution in [3.8, 4) is 5.75 Å². The van der Waals surface area contributed by atoms with E-state index in [0.29, 0.717) is 23.6 Å². The Labute approximate surface area is 94.6 Å². The van der Waals surface area contributed by atoms with Crippen LogP contribution in [-0.4, -0.2) is 25.2 Å². The Morgan fingerprint density at radius 2 is 2.25 bits per heavy atom. The van der Waals surface area contributed by atoms with Crippen LogP contribution in [0.15, 0.2) is 18.2 Å². The van der Waals surface area contributed by atoms with Crippen LogP contribution in [0.3, 0.4) is 0 Å². The number of nitrogens with one attached hydrogen (secondary N) is 1. The van der Waals surface area contributed by atoms with Crippen molar-refractivity contribution in [3.63, 3.8) is 0 Å². The first-order chi connectivity index (χ1) is 7.53. The third-order valence-electron chi connectivity index (χ3n) is 2.48. The molecule has 1 aromatic rings. The van der Waals surface area contributed by atoms with Crippen molar-refractivity contribution in [1.29, 1.82) is 0 Å². The van der Waals surface area contributed by atoms with E-state index < -0.39 is 0 Å². The zero-order valence-corrected chi connectivity index (χ0v) is 9.66. The fourth-order valence-corrected chi connectivity index (χ4v) is 1.69. The maximum atomic E-state index is 11.6. The van der Waals surface area contributed by atoms with E-state index in [9.17, 15) is 4.79 Å². The minimum absolute atomic E-state index is 0.183. The third kappa shape index (κ3) is 1.83. The van der Waals surface area contributed by atoms with Gasteiger partial charge in [0.1, 0.15) is 12.4 Å². The average molecular weight is 221 g/mol. The quantitative estimate of drug-likeness (QED) is 0.737.